The Kier molecular flexibility index (Phi) is 24.1. The van der Waals surface area contributed by atoms with E-state index >= 15 is 0 Å². The molecule has 68 heavy (non-hydrogen) atoms. The average Bonchev–Trinajstić information content (AvgIpc) is 4.22. The lowest BCUT2D eigenvalue weighted by atomic mass is 10.0. The first kappa shape index (κ1) is 53.0. The maximum Gasteiger partial charge on any atom is 0.118 e. The van der Waals surface area contributed by atoms with Gasteiger partial charge in [-0.25, -0.2) is 9.97 Å². The zero-order valence-electron chi connectivity index (χ0n) is 43.6. The van der Waals surface area contributed by atoms with Crippen LogP contribution in [-0.2, 0) is 19.3 Å². The third-order valence-corrected chi connectivity index (χ3v) is 14.8. The van der Waals surface area contributed by atoms with Gasteiger partial charge in [-0.3, -0.25) is 0 Å². The SMILES string of the molecule is CCCCCCCCCCCCc1c2nc(c(CCCCCCCCCCCC)c3ccc([nH]3)c(-c3ccc(OC)cc3)c3ccc([nH]3)c(CCCCCCCCCCCC)c3nc1C=C3)C=C2. The van der Waals surface area contributed by atoms with Crippen molar-refractivity contribution in [3.8, 4) is 16.9 Å². The van der Waals surface area contributed by atoms with Gasteiger partial charge in [-0.1, -0.05) is 206 Å². The van der Waals surface area contributed by atoms with Crippen molar-refractivity contribution in [2.24, 2.45) is 0 Å². The van der Waals surface area contributed by atoms with Gasteiger partial charge in [0, 0.05) is 44.3 Å². The fourth-order valence-electron chi connectivity index (χ4n) is 10.6. The fraction of sp³-hybridized carbons (Fsp3) is 0.587. The van der Waals surface area contributed by atoms with E-state index in [1.165, 1.54) is 208 Å². The van der Waals surface area contributed by atoms with Crippen molar-refractivity contribution < 1.29 is 4.74 Å². The lowest BCUT2D eigenvalue weighted by molar-refractivity contribution is 0.415. The number of nitrogens with one attached hydrogen (secondary N) is 2. The number of fused-ring (bicyclic) bond motifs is 8. The number of hydrogen-bond acceptors (Lipinski definition) is 3. The number of rotatable bonds is 35. The Hall–Kier alpha value is -4.38. The molecule has 0 saturated heterocycles. The second-order valence-corrected chi connectivity index (χ2v) is 20.3. The Morgan fingerprint density at radius 1 is 0.338 bits per heavy atom. The number of hydrogen-bond donors (Lipinski definition) is 2. The van der Waals surface area contributed by atoms with E-state index in [-0.39, 0.29) is 0 Å². The molecule has 370 valence electrons. The summed E-state index contributed by atoms with van der Waals surface area (Å²) < 4.78 is 5.62. The second-order valence-electron chi connectivity index (χ2n) is 20.3. The fourth-order valence-corrected chi connectivity index (χ4v) is 10.6. The lowest BCUT2D eigenvalue weighted by Crippen LogP contribution is -1.97. The number of methoxy groups -OCH3 is 1. The molecule has 2 aliphatic rings. The van der Waals surface area contributed by atoms with E-state index in [9.17, 15) is 0 Å². The van der Waals surface area contributed by atoms with Gasteiger partial charge >= 0.3 is 0 Å². The minimum atomic E-state index is 0.863. The van der Waals surface area contributed by atoms with Crippen molar-refractivity contribution in [1.29, 1.82) is 0 Å². The Labute approximate surface area is 413 Å². The summed E-state index contributed by atoms with van der Waals surface area (Å²) in [5, 5.41) is 0. The molecule has 0 aliphatic carbocycles. The summed E-state index contributed by atoms with van der Waals surface area (Å²) in [4.78, 5) is 19.1. The van der Waals surface area contributed by atoms with Crippen LogP contribution in [-0.4, -0.2) is 27.0 Å². The molecule has 0 saturated carbocycles. The highest BCUT2D eigenvalue weighted by atomic mass is 16.5. The van der Waals surface area contributed by atoms with Crippen LogP contribution in [0.3, 0.4) is 0 Å². The molecule has 3 aromatic heterocycles. The summed E-state index contributed by atoms with van der Waals surface area (Å²) in [5.41, 5.74) is 15.2. The van der Waals surface area contributed by atoms with Gasteiger partial charge in [0.1, 0.15) is 5.75 Å². The van der Waals surface area contributed by atoms with E-state index in [1.54, 1.807) is 7.11 Å². The van der Waals surface area contributed by atoms with Gasteiger partial charge in [0.25, 0.3) is 0 Å². The van der Waals surface area contributed by atoms with Crippen LogP contribution in [0.25, 0.3) is 57.5 Å². The van der Waals surface area contributed by atoms with Gasteiger partial charge in [0.15, 0.2) is 0 Å². The molecule has 0 radical (unpaired) electrons. The number of unbranched alkanes of at least 4 members (excludes halogenated alkanes) is 27. The molecular formula is C63H92N4O. The molecule has 0 fully saturated rings. The van der Waals surface area contributed by atoms with E-state index in [0.717, 1.165) is 82.8 Å². The van der Waals surface area contributed by atoms with E-state index in [1.807, 2.05) is 0 Å². The largest absolute Gasteiger partial charge is 0.497 e. The van der Waals surface area contributed by atoms with Crippen LogP contribution in [0.1, 0.15) is 253 Å². The van der Waals surface area contributed by atoms with E-state index < -0.39 is 0 Å². The van der Waals surface area contributed by atoms with Crippen LogP contribution in [0.4, 0.5) is 0 Å². The van der Waals surface area contributed by atoms with Crippen molar-refractivity contribution in [3.05, 3.63) is 88.0 Å². The number of benzene rings is 1. The van der Waals surface area contributed by atoms with Gasteiger partial charge in [0.2, 0.25) is 0 Å². The van der Waals surface area contributed by atoms with Crippen LogP contribution in [0.15, 0.2) is 48.5 Å². The minimum absolute atomic E-state index is 0.863. The lowest BCUT2D eigenvalue weighted by Gasteiger charge is -2.07. The summed E-state index contributed by atoms with van der Waals surface area (Å²) in [6.07, 6.45) is 52.2. The molecule has 0 unspecified atom stereocenters. The van der Waals surface area contributed by atoms with Crippen LogP contribution in [0.2, 0.25) is 0 Å². The van der Waals surface area contributed by atoms with Gasteiger partial charge in [-0.2, -0.15) is 0 Å². The highest BCUT2D eigenvalue weighted by Gasteiger charge is 2.18. The Balaban J connectivity index is 1.36. The van der Waals surface area contributed by atoms with Crippen molar-refractivity contribution in [2.75, 3.05) is 7.11 Å². The quantitative estimate of drug-likeness (QED) is 0.0390. The monoisotopic (exact) mass is 921 g/mol. The topological polar surface area (TPSA) is 66.6 Å². The van der Waals surface area contributed by atoms with Gasteiger partial charge < -0.3 is 14.7 Å². The molecule has 1 aromatic carbocycles. The number of H-pyrrole nitrogens is 2. The van der Waals surface area contributed by atoms with E-state index in [4.69, 9.17) is 14.7 Å². The van der Waals surface area contributed by atoms with E-state index in [0.29, 0.717) is 0 Å². The standard InChI is InChI=1S/C63H92N4O/c1-5-8-11-14-17-20-23-26-29-32-35-52-55-42-44-57(64-55)53(36-33-30-27-24-21-18-15-12-9-6-2)59-46-48-61(66-59)63(50-38-40-51(68-4)41-39-50)62-49-47-60(67-62)54(58-45-43-56(52)65-58)37-34-31-28-25-22-19-16-13-10-7-3/h38-49,66-67H,5-37H2,1-4H3. The minimum Gasteiger partial charge on any atom is -0.497 e. The molecule has 2 N–H and O–H groups in total. The molecule has 6 rings (SSSR count). The molecule has 4 aromatic rings. The molecule has 0 amide bonds. The zero-order chi connectivity index (χ0) is 47.4. The summed E-state index contributed by atoms with van der Waals surface area (Å²) in [6.45, 7) is 6.91. The summed E-state index contributed by atoms with van der Waals surface area (Å²) >= 11 is 0. The number of aromatic amines is 2. The number of aromatic nitrogens is 4. The van der Waals surface area contributed by atoms with Crippen LogP contribution in [0, 0.1) is 0 Å². The van der Waals surface area contributed by atoms with Gasteiger partial charge in [0.05, 0.1) is 29.9 Å². The predicted molar refractivity (Wildman–Crippen MR) is 297 cm³/mol. The zero-order valence-corrected chi connectivity index (χ0v) is 43.6. The summed E-state index contributed by atoms with van der Waals surface area (Å²) in [7, 11) is 1.74. The first-order valence-corrected chi connectivity index (χ1v) is 28.4. The first-order valence-electron chi connectivity index (χ1n) is 28.4. The van der Waals surface area contributed by atoms with Crippen LogP contribution in [0.5, 0.6) is 5.75 Å². The smallest absolute Gasteiger partial charge is 0.118 e. The number of nitrogens with zero attached hydrogens (tertiary/aromatic N) is 2. The second kappa shape index (κ2) is 31.0. The third kappa shape index (κ3) is 16.9. The predicted octanol–water partition coefficient (Wildman–Crippen LogP) is 19.7. The van der Waals surface area contributed by atoms with Gasteiger partial charge in [-0.15, -0.1) is 0 Å². The Morgan fingerprint density at radius 3 is 0.971 bits per heavy atom. The third-order valence-electron chi connectivity index (χ3n) is 14.8. The number of ether oxygens (including phenoxy) is 1. The summed E-state index contributed by atoms with van der Waals surface area (Å²) in [5.74, 6) is 0.863. The molecule has 5 heteroatoms. The molecule has 2 aliphatic heterocycles. The molecule has 8 bridgehead atoms. The normalized spacial score (nSPS) is 12.2. The molecule has 0 spiro atoms. The Morgan fingerprint density at radius 2 is 0.632 bits per heavy atom. The van der Waals surface area contributed by atoms with Crippen molar-refractivity contribution in [2.45, 2.75) is 233 Å². The average molecular weight is 921 g/mol. The molecule has 5 nitrogen and oxygen atoms in total. The highest BCUT2D eigenvalue weighted by molar-refractivity contribution is 5.94. The highest BCUT2D eigenvalue weighted by Crippen LogP contribution is 2.34. The number of aryl methyl sites for hydroxylation is 2. The van der Waals surface area contributed by atoms with Crippen molar-refractivity contribution >= 4 is 46.4 Å². The summed E-state index contributed by atoms with van der Waals surface area (Å²) in [6, 6.07) is 17.7. The Bertz CT molecular complexity index is 2150. The van der Waals surface area contributed by atoms with Crippen LogP contribution < -0.4 is 4.74 Å². The molecule has 0 atom stereocenters. The maximum atomic E-state index is 5.62. The van der Waals surface area contributed by atoms with E-state index in [2.05, 4.69) is 104 Å². The maximum absolute atomic E-state index is 5.62. The molecular weight excluding hydrogens is 829 g/mol. The van der Waals surface area contributed by atoms with Crippen molar-refractivity contribution in [1.82, 2.24) is 19.9 Å². The van der Waals surface area contributed by atoms with Crippen molar-refractivity contribution in [3.63, 3.8) is 0 Å². The molecule has 5 heterocycles. The first-order chi connectivity index (χ1) is 33.6. The van der Waals surface area contributed by atoms with Crippen LogP contribution >= 0.6 is 0 Å². The van der Waals surface area contributed by atoms with Gasteiger partial charge in [-0.05, 0) is 105 Å².